The van der Waals surface area contributed by atoms with Crippen LogP contribution in [-0.4, -0.2) is 34.1 Å². The molecule has 0 rings (SSSR count). The summed E-state index contributed by atoms with van der Waals surface area (Å²) in [4.78, 5) is 0. The molecule has 0 aliphatic heterocycles. The largest absolute Gasteiger partial charge is 0.396 e. The third kappa shape index (κ3) is 5.18. The van der Waals surface area contributed by atoms with Gasteiger partial charge in [0.1, 0.15) is 0 Å². The van der Waals surface area contributed by atoms with Crippen LogP contribution in [0.5, 0.6) is 0 Å². The molecule has 0 bridgehead atoms. The van der Waals surface area contributed by atoms with Gasteiger partial charge in [-0.3, -0.25) is 0 Å². The van der Waals surface area contributed by atoms with Gasteiger partial charge in [-0.2, -0.15) is 0 Å². The van der Waals surface area contributed by atoms with E-state index in [0.29, 0.717) is 12.8 Å². The summed E-state index contributed by atoms with van der Waals surface area (Å²) in [6.07, 6.45) is 0.263. The van der Waals surface area contributed by atoms with Crippen LogP contribution >= 0.6 is 0 Å². The lowest BCUT2D eigenvalue weighted by atomic mass is 9.94. The van der Waals surface area contributed by atoms with E-state index in [4.69, 9.17) is 15.3 Å². The summed E-state index contributed by atoms with van der Waals surface area (Å²) in [6, 6.07) is 0. The molecule has 0 saturated heterocycles. The SMILES string of the molecule is CC(O)CC(CCO)C(C)O. The van der Waals surface area contributed by atoms with E-state index in [2.05, 4.69) is 0 Å². The van der Waals surface area contributed by atoms with Crippen molar-refractivity contribution in [2.45, 2.75) is 38.9 Å². The molecular formula is C8H18O3. The lowest BCUT2D eigenvalue weighted by Crippen LogP contribution is -2.22. The first kappa shape index (κ1) is 10.9. The summed E-state index contributed by atoms with van der Waals surface area (Å²) in [6.45, 7) is 3.44. The third-order valence-corrected chi connectivity index (χ3v) is 1.83. The van der Waals surface area contributed by atoms with E-state index in [0.717, 1.165) is 0 Å². The van der Waals surface area contributed by atoms with Gasteiger partial charge in [0.05, 0.1) is 12.2 Å². The van der Waals surface area contributed by atoms with Crippen LogP contribution in [0.2, 0.25) is 0 Å². The van der Waals surface area contributed by atoms with Crippen LogP contribution < -0.4 is 0 Å². The van der Waals surface area contributed by atoms with E-state index >= 15 is 0 Å². The number of hydrogen-bond donors (Lipinski definition) is 3. The van der Waals surface area contributed by atoms with Crippen LogP contribution in [0.1, 0.15) is 26.7 Å². The zero-order chi connectivity index (χ0) is 8.85. The average Bonchev–Trinajstić information content (AvgIpc) is 1.86. The molecule has 0 heterocycles. The van der Waals surface area contributed by atoms with Crippen molar-refractivity contribution in [3.05, 3.63) is 0 Å². The van der Waals surface area contributed by atoms with Gasteiger partial charge in [-0.25, -0.2) is 0 Å². The molecule has 3 N–H and O–H groups in total. The molecule has 3 nitrogen and oxygen atoms in total. The summed E-state index contributed by atoms with van der Waals surface area (Å²) >= 11 is 0. The van der Waals surface area contributed by atoms with Crippen LogP contribution in [0.4, 0.5) is 0 Å². The van der Waals surface area contributed by atoms with Gasteiger partial charge in [0.15, 0.2) is 0 Å². The van der Waals surface area contributed by atoms with Gasteiger partial charge >= 0.3 is 0 Å². The van der Waals surface area contributed by atoms with Gasteiger partial charge in [-0.15, -0.1) is 0 Å². The quantitative estimate of drug-likeness (QED) is 0.539. The van der Waals surface area contributed by atoms with Gasteiger partial charge in [0.2, 0.25) is 0 Å². The number of aliphatic hydroxyl groups excluding tert-OH is 3. The first-order valence-corrected chi connectivity index (χ1v) is 4.05. The van der Waals surface area contributed by atoms with Crippen LogP contribution in [0.3, 0.4) is 0 Å². The first-order chi connectivity index (χ1) is 5.07. The van der Waals surface area contributed by atoms with Crippen molar-refractivity contribution >= 4 is 0 Å². The molecule has 0 saturated carbocycles. The van der Waals surface area contributed by atoms with E-state index in [-0.39, 0.29) is 12.5 Å². The molecule has 0 aromatic heterocycles. The van der Waals surface area contributed by atoms with Crippen molar-refractivity contribution in [1.29, 1.82) is 0 Å². The summed E-state index contributed by atoms with van der Waals surface area (Å²) in [7, 11) is 0. The lowest BCUT2D eigenvalue weighted by molar-refractivity contribution is 0.0640. The number of hydrogen-bond acceptors (Lipinski definition) is 3. The molecule has 0 aliphatic carbocycles. The topological polar surface area (TPSA) is 60.7 Å². The Bertz CT molecular complexity index is 91.3. The van der Waals surface area contributed by atoms with Crippen molar-refractivity contribution in [2.75, 3.05) is 6.61 Å². The molecule has 0 spiro atoms. The van der Waals surface area contributed by atoms with Gasteiger partial charge in [-0.05, 0) is 32.6 Å². The molecule has 3 heteroatoms. The van der Waals surface area contributed by atoms with E-state index in [1.807, 2.05) is 0 Å². The fourth-order valence-corrected chi connectivity index (χ4v) is 1.16. The van der Waals surface area contributed by atoms with Gasteiger partial charge in [-0.1, -0.05) is 0 Å². The van der Waals surface area contributed by atoms with Crippen LogP contribution in [-0.2, 0) is 0 Å². The van der Waals surface area contributed by atoms with Crippen molar-refractivity contribution in [2.24, 2.45) is 5.92 Å². The first-order valence-electron chi connectivity index (χ1n) is 4.05. The Kier molecular flexibility index (Phi) is 5.46. The molecule has 0 aromatic carbocycles. The van der Waals surface area contributed by atoms with E-state index in [9.17, 15) is 0 Å². The maximum absolute atomic E-state index is 9.17. The summed E-state index contributed by atoms with van der Waals surface area (Å²) in [5.41, 5.74) is 0. The predicted octanol–water partition coefficient (Wildman–Crippen LogP) is 0.137. The Morgan fingerprint density at radius 2 is 1.73 bits per heavy atom. The van der Waals surface area contributed by atoms with Crippen molar-refractivity contribution < 1.29 is 15.3 Å². The molecule has 68 valence electrons. The van der Waals surface area contributed by atoms with E-state index in [1.54, 1.807) is 13.8 Å². The second kappa shape index (κ2) is 5.52. The molecule has 3 atom stereocenters. The Labute approximate surface area is 67.7 Å². The zero-order valence-corrected chi connectivity index (χ0v) is 7.20. The minimum Gasteiger partial charge on any atom is -0.396 e. The van der Waals surface area contributed by atoms with Crippen molar-refractivity contribution in [3.63, 3.8) is 0 Å². The molecule has 0 radical (unpaired) electrons. The highest BCUT2D eigenvalue weighted by molar-refractivity contribution is 4.67. The molecule has 0 amide bonds. The Balaban J connectivity index is 3.69. The molecule has 0 fully saturated rings. The highest BCUT2D eigenvalue weighted by Crippen LogP contribution is 2.15. The number of rotatable bonds is 5. The third-order valence-electron chi connectivity index (χ3n) is 1.83. The van der Waals surface area contributed by atoms with Gasteiger partial charge in [0, 0.05) is 6.61 Å². The fourth-order valence-electron chi connectivity index (χ4n) is 1.16. The molecule has 11 heavy (non-hydrogen) atoms. The summed E-state index contributed by atoms with van der Waals surface area (Å²) < 4.78 is 0. The fraction of sp³-hybridized carbons (Fsp3) is 1.00. The maximum Gasteiger partial charge on any atom is 0.0542 e. The predicted molar refractivity (Wildman–Crippen MR) is 43.2 cm³/mol. The monoisotopic (exact) mass is 162 g/mol. The van der Waals surface area contributed by atoms with Gasteiger partial charge < -0.3 is 15.3 Å². The Morgan fingerprint density at radius 1 is 1.18 bits per heavy atom. The summed E-state index contributed by atoms with van der Waals surface area (Å²) in [5.74, 6) is 0.0139. The Hall–Kier alpha value is -0.120. The normalized spacial score (nSPS) is 19.4. The average molecular weight is 162 g/mol. The standard InChI is InChI=1S/C8H18O3/c1-6(10)5-8(3-4-9)7(2)11/h6-11H,3-5H2,1-2H3. The van der Waals surface area contributed by atoms with Crippen LogP contribution in [0, 0.1) is 5.92 Å². The second-order valence-corrected chi connectivity index (χ2v) is 3.10. The molecule has 3 unspecified atom stereocenters. The smallest absolute Gasteiger partial charge is 0.0542 e. The highest BCUT2D eigenvalue weighted by atomic mass is 16.3. The molecule has 0 aliphatic rings. The van der Waals surface area contributed by atoms with E-state index in [1.165, 1.54) is 0 Å². The van der Waals surface area contributed by atoms with Gasteiger partial charge in [0.25, 0.3) is 0 Å². The summed E-state index contributed by atoms with van der Waals surface area (Å²) in [5, 5.41) is 26.8. The van der Waals surface area contributed by atoms with E-state index < -0.39 is 12.2 Å². The zero-order valence-electron chi connectivity index (χ0n) is 7.20. The number of aliphatic hydroxyl groups is 3. The molecular weight excluding hydrogens is 144 g/mol. The van der Waals surface area contributed by atoms with Crippen LogP contribution in [0.15, 0.2) is 0 Å². The lowest BCUT2D eigenvalue weighted by Gasteiger charge is -2.19. The maximum atomic E-state index is 9.17. The van der Waals surface area contributed by atoms with Crippen LogP contribution in [0.25, 0.3) is 0 Å². The highest BCUT2D eigenvalue weighted by Gasteiger charge is 2.16. The minimum absolute atomic E-state index is 0.0139. The minimum atomic E-state index is -0.447. The second-order valence-electron chi connectivity index (χ2n) is 3.10. The van der Waals surface area contributed by atoms with Crippen molar-refractivity contribution in [1.82, 2.24) is 0 Å². The van der Waals surface area contributed by atoms with Crippen molar-refractivity contribution in [3.8, 4) is 0 Å². The Morgan fingerprint density at radius 3 is 2.00 bits per heavy atom. The molecule has 0 aromatic rings.